The Morgan fingerprint density at radius 1 is 0.933 bits per heavy atom. The fourth-order valence-corrected chi connectivity index (χ4v) is 3.26. The van der Waals surface area contributed by atoms with E-state index in [1.165, 1.54) is 12.1 Å². The fourth-order valence-electron chi connectivity index (χ4n) is 3.08. The number of aromatic nitrogens is 1. The van der Waals surface area contributed by atoms with Crippen LogP contribution in [0.2, 0.25) is 5.02 Å². The van der Waals surface area contributed by atoms with Crippen LogP contribution in [0.4, 0.5) is 10.1 Å². The zero-order valence-electron chi connectivity index (χ0n) is 15.9. The van der Waals surface area contributed by atoms with Crippen molar-refractivity contribution < 1.29 is 13.6 Å². The number of nitrogens with zero attached hydrogens (tertiary/aromatic N) is 1. The lowest BCUT2D eigenvalue weighted by Crippen LogP contribution is -2.13. The molecule has 0 aliphatic carbocycles. The molecule has 0 fully saturated rings. The minimum Gasteiger partial charge on any atom is -0.440 e. The summed E-state index contributed by atoms with van der Waals surface area (Å²) in [6.45, 7) is 0. The highest BCUT2D eigenvalue weighted by Crippen LogP contribution is 2.33. The van der Waals surface area contributed by atoms with Crippen LogP contribution < -0.4 is 5.32 Å². The molecule has 4 nitrogen and oxygen atoms in total. The minimum atomic E-state index is -0.652. The standard InChI is InChI=1S/C24H18ClFN2O2/c25-18-12-7-13-19(22(18)26)27-20(29)14-15-21-28-23(16-8-3-1-4-9-16)24(30-21)17-10-5-2-6-11-17/h1-13H,14-15H2,(H,27,29). The molecule has 4 aromatic rings. The molecule has 1 N–H and O–H groups in total. The lowest BCUT2D eigenvalue weighted by atomic mass is 10.1. The monoisotopic (exact) mass is 420 g/mol. The number of hydrogen-bond donors (Lipinski definition) is 1. The zero-order valence-corrected chi connectivity index (χ0v) is 16.7. The Balaban J connectivity index is 1.54. The number of halogens is 2. The molecule has 0 radical (unpaired) electrons. The van der Waals surface area contributed by atoms with Crippen molar-refractivity contribution in [3.8, 4) is 22.6 Å². The molecule has 1 heterocycles. The summed E-state index contributed by atoms with van der Waals surface area (Å²) in [5.41, 5.74) is 2.60. The van der Waals surface area contributed by atoms with Crippen molar-refractivity contribution in [3.05, 3.63) is 95.6 Å². The van der Waals surface area contributed by atoms with Gasteiger partial charge in [0.25, 0.3) is 0 Å². The van der Waals surface area contributed by atoms with Gasteiger partial charge in [-0.3, -0.25) is 4.79 Å². The number of carbonyl (C=O) groups is 1. The maximum atomic E-state index is 14.0. The van der Waals surface area contributed by atoms with Crippen LogP contribution in [0, 0.1) is 5.82 Å². The third-order valence-corrected chi connectivity index (χ3v) is 4.84. The van der Waals surface area contributed by atoms with E-state index in [-0.39, 0.29) is 29.5 Å². The maximum Gasteiger partial charge on any atom is 0.224 e. The van der Waals surface area contributed by atoms with Crippen molar-refractivity contribution in [2.24, 2.45) is 0 Å². The first-order valence-corrected chi connectivity index (χ1v) is 9.84. The summed E-state index contributed by atoms with van der Waals surface area (Å²) in [5.74, 6) is 0.0887. The number of rotatable bonds is 6. The van der Waals surface area contributed by atoms with E-state index in [0.717, 1.165) is 16.8 Å². The van der Waals surface area contributed by atoms with Crippen LogP contribution in [-0.4, -0.2) is 10.9 Å². The van der Waals surface area contributed by atoms with Gasteiger partial charge in [0.2, 0.25) is 5.91 Å². The molecule has 0 unspecified atom stereocenters. The molecule has 0 aliphatic heterocycles. The number of anilines is 1. The quantitative estimate of drug-likeness (QED) is 0.394. The lowest BCUT2D eigenvalue weighted by Gasteiger charge is -2.06. The molecule has 0 spiro atoms. The van der Waals surface area contributed by atoms with Crippen molar-refractivity contribution >= 4 is 23.2 Å². The summed E-state index contributed by atoms with van der Waals surface area (Å²) in [5, 5.41) is 2.50. The molecule has 0 atom stereocenters. The van der Waals surface area contributed by atoms with E-state index in [1.807, 2.05) is 60.7 Å². The van der Waals surface area contributed by atoms with Crippen LogP contribution in [-0.2, 0) is 11.2 Å². The number of hydrogen-bond acceptors (Lipinski definition) is 3. The van der Waals surface area contributed by atoms with Gasteiger partial charge in [0.15, 0.2) is 17.5 Å². The Kier molecular flexibility index (Phi) is 5.91. The van der Waals surface area contributed by atoms with Gasteiger partial charge >= 0.3 is 0 Å². The normalized spacial score (nSPS) is 10.7. The van der Waals surface area contributed by atoms with E-state index >= 15 is 0 Å². The molecule has 6 heteroatoms. The second kappa shape index (κ2) is 8.93. The predicted octanol–water partition coefficient (Wildman–Crippen LogP) is 6.37. The van der Waals surface area contributed by atoms with Gasteiger partial charge in [-0.1, -0.05) is 78.3 Å². The predicted molar refractivity (Wildman–Crippen MR) is 116 cm³/mol. The first-order chi connectivity index (χ1) is 14.6. The molecule has 0 aliphatic rings. The minimum absolute atomic E-state index is 0.0412. The van der Waals surface area contributed by atoms with Gasteiger partial charge in [-0.2, -0.15) is 0 Å². The first kappa shape index (κ1) is 19.9. The molecular weight excluding hydrogens is 403 g/mol. The van der Waals surface area contributed by atoms with Crippen LogP contribution >= 0.6 is 11.6 Å². The van der Waals surface area contributed by atoms with Crippen molar-refractivity contribution in [3.63, 3.8) is 0 Å². The summed E-state index contributed by atoms with van der Waals surface area (Å²) in [6, 6.07) is 23.9. The molecule has 0 bridgehead atoms. The third-order valence-electron chi connectivity index (χ3n) is 4.55. The fraction of sp³-hybridized carbons (Fsp3) is 0.0833. The topological polar surface area (TPSA) is 55.1 Å². The van der Waals surface area contributed by atoms with Crippen molar-refractivity contribution in [2.45, 2.75) is 12.8 Å². The van der Waals surface area contributed by atoms with Gasteiger partial charge in [-0.25, -0.2) is 9.37 Å². The molecule has 3 aromatic carbocycles. The van der Waals surface area contributed by atoms with Crippen molar-refractivity contribution in [2.75, 3.05) is 5.32 Å². The smallest absolute Gasteiger partial charge is 0.224 e. The number of benzene rings is 3. The maximum absolute atomic E-state index is 14.0. The van der Waals surface area contributed by atoms with Gasteiger partial charge in [0.1, 0.15) is 5.69 Å². The Bertz CT molecular complexity index is 1100. The summed E-state index contributed by atoms with van der Waals surface area (Å²) in [6.07, 6.45) is 0.371. The SMILES string of the molecule is O=C(CCc1nc(-c2ccccc2)c(-c2ccccc2)o1)Nc1cccc(Cl)c1F. The summed E-state index contributed by atoms with van der Waals surface area (Å²) in [7, 11) is 0. The number of aryl methyl sites for hydroxylation is 1. The van der Waals surface area contributed by atoms with Crippen LogP contribution in [0.15, 0.2) is 83.3 Å². The second-order valence-corrected chi connectivity index (χ2v) is 7.07. The van der Waals surface area contributed by atoms with Crippen LogP contribution in [0.3, 0.4) is 0 Å². The Labute approximate surface area is 178 Å². The summed E-state index contributed by atoms with van der Waals surface area (Å²) >= 11 is 5.76. The molecule has 0 saturated carbocycles. The highest BCUT2D eigenvalue weighted by atomic mass is 35.5. The van der Waals surface area contributed by atoms with E-state index in [0.29, 0.717) is 11.7 Å². The molecule has 1 aromatic heterocycles. The van der Waals surface area contributed by atoms with Crippen LogP contribution in [0.25, 0.3) is 22.6 Å². The Hall–Kier alpha value is -3.44. The van der Waals surface area contributed by atoms with Gasteiger partial charge in [0, 0.05) is 24.0 Å². The molecule has 1 amide bonds. The Morgan fingerprint density at radius 2 is 1.60 bits per heavy atom. The van der Waals surface area contributed by atoms with E-state index in [9.17, 15) is 9.18 Å². The molecule has 4 rings (SSSR count). The molecule has 30 heavy (non-hydrogen) atoms. The van der Waals surface area contributed by atoms with Gasteiger partial charge in [-0.05, 0) is 12.1 Å². The number of oxazole rings is 1. The van der Waals surface area contributed by atoms with Crippen molar-refractivity contribution in [1.82, 2.24) is 4.98 Å². The summed E-state index contributed by atoms with van der Waals surface area (Å²) in [4.78, 5) is 16.9. The van der Waals surface area contributed by atoms with E-state index in [4.69, 9.17) is 16.0 Å². The van der Waals surface area contributed by atoms with Gasteiger partial charge < -0.3 is 9.73 Å². The largest absolute Gasteiger partial charge is 0.440 e. The molecule has 0 saturated heterocycles. The van der Waals surface area contributed by atoms with E-state index in [2.05, 4.69) is 10.3 Å². The Morgan fingerprint density at radius 3 is 2.30 bits per heavy atom. The van der Waals surface area contributed by atoms with Crippen LogP contribution in [0.5, 0.6) is 0 Å². The number of amides is 1. The second-order valence-electron chi connectivity index (χ2n) is 6.67. The molecular formula is C24H18ClFN2O2. The van der Waals surface area contributed by atoms with Gasteiger partial charge in [0.05, 0.1) is 10.7 Å². The zero-order chi connectivity index (χ0) is 20.9. The average Bonchev–Trinajstić information content (AvgIpc) is 3.21. The van der Waals surface area contributed by atoms with E-state index < -0.39 is 5.82 Å². The van der Waals surface area contributed by atoms with E-state index in [1.54, 1.807) is 6.07 Å². The molecule has 150 valence electrons. The number of carbonyl (C=O) groups excluding carboxylic acids is 1. The highest BCUT2D eigenvalue weighted by Gasteiger charge is 2.18. The summed E-state index contributed by atoms with van der Waals surface area (Å²) < 4.78 is 20.0. The lowest BCUT2D eigenvalue weighted by molar-refractivity contribution is -0.116. The third kappa shape index (κ3) is 4.42. The number of nitrogens with one attached hydrogen (secondary N) is 1. The van der Waals surface area contributed by atoms with Crippen molar-refractivity contribution in [1.29, 1.82) is 0 Å². The first-order valence-electron chi connectivity index (χ1n) is 9.46. The van der Waals surface area contributed by atoms with Crippen LogP contribution in [0.1, 0.15) is 12.3 Å². The average molecular weight is 421 g/mol. The highest BCUT2D eigenvalue weighted by molar-refractivity contribution is 6.31. The van der Waals surface area contributed by atoms with Gasteiger partial charge in [-0.15, -0.1) is 0 Å².